The van der Waals surface area contributed by atoms with E-state index in [1.807, 2.05) is 37.5 Å². The van der Waals surface area contributed by atoms with Gasteiger partial charge in [-0.2, -0.15) is 5.10 Å². The minimum Gasteiger partial charge on any atom is -0.376 e. The molecule has 0 bridgehead atoms. The Kier molecular flexibility index (Phi) is 3.44. The fourth-order valence-corrected chi connectivity index (χ4v) is 2.60. The van der Waals surface area contributed by atoms with Crippen LogP contribution in [0.25, 0.3) is 11.3 Å². The van der Waals surface area contributed by atoms with Crippen LogP contribution in [0.4, 0.5) is 5.69 Å². The highest BCUT2D eigenvalue weighted by molar-refractivity contribution is 5.59. The first-order valence-electron chi connectivity index (χ1n) is 7.05. The molecule has 0 unspecified atom stereocenters. The molecule has 0 atom stereocenters. The molecule has 5 heteroatoms. The fourth-order valence-electron chi connectivity index (χ4n) is 2.60. The van der Waals surface area contributed by atoms with Crippen molar-refractivity contribution in [2.75, 3.05) is 25.5 Å². The van der Waals surface area contributed by atoms with E-state index in [9.17, 15) is 0 Å². The van der Waals surface area contributed by atoms with E-state index in [1.54, 1.807) is 0 Å². The van der Waals surface area contributed by atoms with Gasteiger partial charge in [0.1, 0.15) is 0 Å². The lowest BCUT2D eigenvalue weighted by molar-refractivity contribution is 0.190. The smallest absolute Gasteiger partial charge is 0.0735 e. The summed E-state index contributed by atoms with van der Waals surface area (Å²) in [7, 11) is 4.03. The van der Waals surface area contributed by atoms with Gasteiger partial charge in [0, 0.05) is 25.9 Å². The summed E-state index contributed by atoms with van der Waals surface area (Å²) in [6.07, 6.45) is 8.16. The second-order valence-corrected chi connectivity index (χ2v) is 5.73. The van der Waals surface area contributed by atoms with Crippen molar-refractivity contribution < 1.29 is 0 Å². The zero-order valence-corrected chi connectivity index (χ0v) is 12.0. The number of nitrogens with zero attached hydrogens (tertiary/aromatic N) is 4. The molecule has 5 nitrogen and oxygen atoms in total. The van der Waals surface area contributed by atoms with Crippen LogP contribution in [0, 0.1) is 5.92 Å². The normalized spacial score (nSPS) is 21.6. The van der Waals surface area contributed by atoms with E-state index in [1.165, 1.54) is 0 Å². The number of anilines is 1. The molecule has 0 radical (unpaired) electrons. The standard InChI is InChI=1S/C15H21N5/c1-19(2)13-3-4-15(17-9-13)12-8-18-20(10-12)14-5-11(6-14)7-16/h3-4,8-11,14H,5-7,16H2,1-2H3. The predicted molar refractivity (Wildman–Crippen MR) is 80.6 cm³/mol. The quantitative estimate of drug-likeness (QED) is 0.923. The summed E-state index contributed by atoms with van der Waals surface area (Å²) in [5, 5.41) is 4.47. The SMILES string of the molecule is CN(C)c1ccc(-c2cnn(C3CC(CN)C3)c2)nc1. The van der Waals surface area contributed by atoms with Crippen LogP contribution in [0.15, 0.2) is 30.7 Å². The van der Waals surface area contributed by atoms with Crippen molar-refractivity contribution >= 4 is 5.69 Å². The van der Waals surface area contributed by atoms with Crippen LogP contribution in [0.1, 0.15) is 18.9 Å². The summed E-state index contributed by atoms with van der Waals surface area (Å²) >= 11 is 0. The van der Waals surface area contributed by atoms with E-state index in [2.05, 4.69) is 27.0 Å². The van der Waals surface area contributed by atoms with E-state index < -0.39 is 0 Å². The Balaban J connectivity index is 1.73. The highest BCUT2D eigenvalue weighted by Gasteiger charge is 2.29. The van der Waals surface area contributed by atoms with Crippen molar-refractivity contribution in [2.45, 2.75) is 18.9 Å². The Hall–Kier alpha value is -1.88. The molecule has 2 N–H and O–H groups in total. The summed E-state index contributed by atoms with van der Waals surface area (Å²) in [5.74, 6) is 0.671. The Morgan fingerprint density at radius 1 is 1.30 bits per heavy atom. The molecule has 2 heterocycles. The number of aromatic nitrogens is 3. The van der Waals surface area contributed by atoms with Crippen LogP contribution in [0.5, 0.6) is 0 Å². The molecule has 3 rings (SSSR count). The van der Waals surface area contributed by atoms with Crippen LogP contribution in [0.2, 0.25) is 0 Å². The highest BCUT2D eigenvalue weighted by Crippen LogP contribution is 2.37. The lowest BCUT2D eigenvalue weighted by Crippen LogP contribution is -2.32. The van der Waals surface area contributed by atoms with Crippen LogP contribution < -0.4 is 10.6 Å². The number of pyridine rings is 1. The molecule has 2 aromatic heterocycles. The second-order valence-electron chi connectivity index (χ2n) is 5.73. The first kappa shape index (κ1) is 13.1. The summed E-state index contributed by atoms with van der Waals surface area (Å²) in [6.45, 7) is 0.790. The first-order chi connectivity index (χ1) is 9.67. The maximum absolute atomic E-state index is 5.67. The van der Waals surface area contributed by atoms with Gasteiger partial charge in [0.2, 0.25) is 0 Å². The lowest BCUT2D eigenvalue weighted by Gasteiger charge is -2.34. The molecule has 1 aliphatic carbocycles. The van der Waals surface area contributed by atoms with Crippen molar-refractivity contribution in [1.82, 2.24) is 14.8 Å². The van der Waals surface area contributed by atoms with Gasteiger partial charge in [0.05, 0.1) is 29.8 Å². The maximum Gasteiger partial charge on any atom is 0.0735 e. The molecule has 0 amide bonds. The predicted octanol–water partition coefficient (Wildman–Crippen LogP) is 1.92. The molecule has 0 spiro atoms. The van der Waals surface area contributed by atoms with Gasteiger partial charge in [-0.15, -0.1) is 0 Å². The summed E-state index contributed by atoms with van der Waals surface area (Å²) in [4.78, 5) is 6.55. The summed E-state index contributed by atoms with van der Waals surface area (Å²) in [6, 6.07) is 4.63. The van der Waals surface area contributed by atoms with Crippen molar-refractivity contribution in [3.8, 4) is 11.3 Å². The molecule has 0 saturated heterocycles. The molecule has 1 aliphatic rings. The summed E-state index contributed by atoms with van der Waals surface area (Å²) < 4.78 is 2.06. The zero-order chi connectivity index (χ0) is 14.1. The van der Waals surface area contributed by atoms with E-state index in [0.29, 0.717) is 12.0 Å². The van der Waals surface area contributed by atoms with Crippen LogP contribution in [0.3, 0.4) is 0 Å². The van der Waals surface area contributed by atoms with Gasteiger partial charge < -0.3 is 10.6 Å². The number of hydrogen-bond acceptors (Lipinski definition) is 4. The Labute approximate surface area is 119 Å². The van der Waals surface area contributed by atoms with Gasteiger partial charge in [-0.3, -0.25) is 9.67 Å². The van der Waals surface area contributed by atoms with E-state index in [4.69, 9.17) is 5.73 Å². The van der Waals surface area contributed by atoms with Crippen LogP contribution in [-0.4, -0.2) is 35.4 Å². The molecular weight excluding hydrogens is 250 g/mol. The zero-order valence-electron chi connectivity index (χ0n) is 12.0. The first-order valence-corrected chi connectivity index (χ1v) is 7.05. The molecule has 20 heavy (non-hydrogen) atoms. The lowest BCUT2D eigenvalue weighted by atomic mass is 9.80. The Bertz CT molecular complexity index is 566. The Morgan fingerprint density at radius 2 is 2.10 bits per heavy atom. The van der Waals surface area contributed by atoms with Crippen molar-refractivity contribution in [2.24, 2.45) is 11.7 Å². The molecule has 106 valence electrons. The van der Waals surface area contributed by atoms with Crippen molar-refractivity contribution in [3.05, 3.63) is 30.7 Å². The third-order valence-electron chi connectivity index (χ3n) is 4.08. The monoisotopic (exact) mass is 271 g/mol. The average molecular weight is 271 g/mol. The maximum atomic E-state index is 5.67. The van der Waals surface area contributed by atoms with Gasteiger partial charge in [-0.1, -0.05) is 0 Å². The largest absolute Gasteiger partial charge is 0.376 e. The number of rotatable bonds is 4. The van der Waals surface area contributed by atoms with E-state index in [0.717, 1.165) is 36.3 Å². The molecular formula is C15H21N5. The van der Waals surface area contributed by atoms with Crippen molar-refractivity contribution in [3.63, 3.8) is 0 Å². The molecule has 1 saturated carbocycles. The number of nitrogens with two attached hydrogens (primary N) is 1. The second kappa shape index (κ2) is 5.25. The third-order valence-corrected chi connectivity index (χ3v) is 4.08. The third kappa shape index (κ3) is 2.41. The molecule has 2 aromatic rings. The highest BCUT2D eigenvalue weighted by atomic mass is 15.3. The van der Waals surface area contributed by atoms with Gasteiger partial charge >= 0.3 is 0 Å². The topological polar surface area (TPSA) is 60.0 Å². The molecule has 0 aliphatic heterocycles. The minimum atomic E-state index is 0.512. The summed E-state index contributed by atoms with van der Waals surface area (Å²) in [5.41, 5.74) is 8.81. The van der Waals surface area contributed by atoms with Gasteiger partial charge in [-0.05, 0) is 37.4 Å². The van der Waals surface area contributed by atoms with E-state index >= 15 is 0 Å². The Morgan fingerprint density at radius 3 is 2.70 bits per heavy atom. The van der Waals surface area contributed by atoms with Crippen molar-refractivity contribution in [1.29, 1.82) is 0 Å². The van der Waals surface area contributed by atoms with Gasteiger partial charge in [0.15, 0.2) is 0 Å². The number of hydrogen-bond donors (Lipinski definition) is 1. The minimum absolute atomic E-state index is 0.512. The van der Waals surface area contributed by atoms with E-state index in [-0.39, 0.29) is 0 Å². The van der Waals surface area contributed by atoms with Gasteiger partial charge in [0.25, 0.3) is 0 Å². The van der Waals surface area contributed by atoms with Crippen LogP contribution in [-0.2, 0) is 0 Å². The molecule has 0 aromatic carbocycles. The van der Waals surface area contributed by atoms with Gasteiger partial charge in [-0.25, -0.2) is 0 Å². The molecule has 1 fully saturated rings. The average Bonchev–Trinajstić information content (AvgIpc) is 2.87. The van der Waals surface area contributed by atoms with Crippen LogP contribution >= 0.6 is 0 Å². The fraction of sp³-hybridized carbons (Fsp3) is 0.467.